The van der Waals surface area contributed by atoms with E-state index in [0.717, 1.165) is 15.2 Å². The van der Waals surface area contributed by atoms with Gasteiger partial charge in [-0.15, -0.1) is 0 Å². The second-order valence-electron chi connectivity index (χ2n) is 4.13. The predicted molar refractivity (Wildman–Crippen MR) is 76.9 cm³/mol. The van der Waals surface area contributed by atoms with Crippen LogP contribution in [0.2, 0.25) is 0 Å². The van der Waals surface area contributed by atoms with Gasteiger partial charge in [0, 0.05) is 10.7 Å². The Bertz CT molecular complexity index is 665. The topological polar surface area (TPSA) is 43.4 Å². The van der Waals surface area contributed by atoms with Crippen molar-refractivity contribution in [1.82, 2.24) is 0 Å². The molecule has 2 rings (SSSR count). The molecule has 2 aromatic rings. The van der Waals surface area contributed by atoms with Gasteiger partial charge in [-0.3, -0.25) is 0 Å². The van der Waals surface area contributed by atoms with E-state index in [1.807, 2.05) is 36.4 Å². The number of hydrogen-bond acceptors (Lipinski definition) is 3. The molecule has 2 aromatic carbocycles. The van der Waals surface area contributed by atoms with Crippen LogP contribution in [0, 0.1) is 0 Å². The van der Waals surface area contributed by atoms with E-state index in [9.17, 15) is 8.42 Å². The second-order valence-corrected chi connectivity index (χ2v) is 7.31. The fourth-order valence-electron chi connectivity index (χ4n) is 1.60. The summed E-state index contributed by atoms with van der Waals surface area (Å²) in [5, 5.41) is 2.18. The van der Waals surface area contributed by atoms with Gasteiger partial charge in [0.1, 0.15) is 12.4 Å². The molecule has 0 spiro atoms. The molecule has 0 aromatic heterocycles. The molecule has 0 aliphatic carbocycles. The maximum absolute atomic E-state index is 11.0. The average molecular weight is 329 g/mol. The summed E-state index contributed by atoms with van der Waals surface area (Å²) in [6, 6.07) is 11.7. The van der Waals surface area contributed by atoms with E-state index in [2.05, 4.69) is 15.9 Å². The summed E-state index contributed by atoms with van der Waals surface area (Å²) in [5.74, 6) is 0.722. The third-order valence-electron chi connectivity index (χ3n) is 2.50. The molecule has 96 valence electrons. The Morgan fingerprint density at radius 1 is 1.11 bits per heavy atom. The Kier molecular flexibility index (Phi) is 3.92. The lowest BCUT2D eigenvalue weighted by atomic mass is 10.1. The molecule has 0 unspecified atom stereocenters. The lowest BCUT2D eigenvalue weighted by Gasteiger charge is -2.06. The summed E-state index contributed by atoms with van der Waals surface area (Å²) in [6.07, 6.45) is 1.20. The first kappa shape index (κ1) is 13.4. The van der Waals surface area contributed by atoms with Crippen LogP contribution in [0.3, 0.4) is 0 Å². The number of hydrogen-bond donors (Lipinski definition) is 0. The SMILES string of the molecule is CS(=O)(=O)CCOc1ccc2cc(Br)ccc2c1. The number of halogens is 1. The highest BCUT2D eigenvalue weighted by molar-refractivity contribution is 9.10. The van der Waals surface area contributed by atoms with E-state index in [1.54, 1.807) is 0 Å². The van der Waals surface area contributed by atoms with Gasteiger partial charge in [0.15, 0.2) is 9.84 Å². The Hall–Kier alpha value is -1.07. The van der Waals surface area contributed by atoms with Crippen molar-refractivity contribution >= 4 is 36.5 Å². The fourth-order valence-corrected chi connectivity index (χ4v) is 2.36. The van der Waals surface area contributed by atoms with Gasteiger partial charge in [-0.25, -0.2) is 8.42 Å². The van der Waals surface area contributed by atoms with E-state index in [4.69, 9.17) is 4.74 Å². The minimum absolute atomic E-state index is 0.0331. The van der Waals surface area contributed by atoms with Crippen molar-refractivity contribution in [2.75, 3.05) is 18.6 Å². The highest BCUT2D eigenvalue weighted by atomic mass is 79.9. The van der Waals surface area contributed by atoms with E-state index >= 15 is 0 Å². The Morgan fingerprint density at radius 3 is 2.50 bits per heavy atom. The minimum Gasteiger partial charge on any atom is -0.493 e. The largest absolute Gasteiger partial charge is 0.493 e. The molecule has 0 atom stereocenters. The van der Waals surface area contributed by atoms with Crippen LogP contribution >= 0.6 is 15.9 Å². The van der Waals surface area contributed by atoms with Crippen molar-refractivity contribution in [2.45, 2.75) is 0 Å². The molecule has 0 amide bonds. The zero-order chi connectivity index (χ0) is 13.2. The smallest absolute Gasteiger partial charge is 0.150 e. The standard InChI is InChI=1S/C13H13BrO3S/c1-18(15,16)7-6-17-13-5-3-10-8-12(14)4-2-11(10)9-13/h2-5,8-9H,6-7H2,1H3. The number of fused-ring (bicyclic) bond motifs is 1. The quantitative estimate of drug-likeness (QED) is 0.866. The molecule has 5 heteroatoms. The third-order valence-corrected chi connectivity index (χ3v) is 3.90. The highest BCUT2D eigenvalue weighted by Crippen LogP contribution is 2.24. The summed E-state index contributed by atoms with van der Waals surface area (Å²) >= 11 is 3.42. The van der Waals surface area contributed by atoms with E-state index < -0.39 is 9.84 Å². The van der Waals surface area contributed by atoms with Crippen LogP contribution in [0.1, 0.15) is 0 Å². The average Bonchev–Trinajstić information content (AvgIpc) is 2.27. The first-order valence-corrected chi connectivity index (χ1v) is 8.29. The summed E-state index contributed by atoms with van der Waals surface area (Å²) in [5.41, 5.74) is 0. The summed E-state index contributed by atoms with van der Waals surface area (Å²) in [4.78, 5) is 0. The lowest BCUT2D eigenvalue weighted by Crippen LogP contribution is -2.11. The van der Waals surface area contributed by atoms with Crippen LogP contribution in [-0.2, 0) is 9.84 Å². The normalized spacial score (nSPS) is 11.7. The Labute approximate surface area is 115 Å². The number of sulfone groups is 1. The first-order chi connectivity index (χ1) is 8.44. The number of ether oxygens (including phenoxy) is 1. The molecule has 0 fully saturated rings. The molecule has 0 radical (unpaired) electrons. The van der Waals surface area contributed by atoms with Crippen LogP contribution in [0.25, 0.3) is 10.8 Å². The van der Waals surface area contributed by atoms with Crippen LogP contribution < -0.4 is 4.74 Å². The van der Waals surface area contributed by atoms with Gasteiger partial charge < -0.3 is 4.74 Å². The molecule has 0 aliphatic rings. The van der Waals surface area contributed by atoms with Crippen molar-refractivity contribution in [2.24, 2.45) is 0 Å². The van der Waals surface area contributed by atoms with Gasteiger partial charge in [-0.1, -0.05) is 28.1 Å². The van der Waals surface area contributed by atoms with Crippen molar-refractivity contribution in [3.05, 3.63) is 40.9 Å². The zero-order valence-electron chi connectivity index (χ0n) is 9.89. The number of rotatable bonds is 4. The van der Waals surface area contributed by atoms with E-state index in [0.29, 0.717) is 5.75 Å². The van der Waals surface area contributed by atoms with Gasteiger partial charge in [-0.05, 0) is 35.0 Å². The minimum atomic E-state index is -2.97. The first-order valence-electron chi connectivity index (χ1n) is 5.44. The monoisotopic (exact) mass is 328 g/mol. The van der Waals surface area contributed by atoms with E-state index in [1.165, 1.54) is 6.26 Å². The van der Waals surface area contributed by atoms with Crippen LogP contribution in [0.5, 0.6) is 5.75 Å². The van der Waals surface area contributed by atoms with Crippen molar-refractivity contribution in [3.8, 4) is 5.75 Å². The van der Waals surface area contributed by atoms with Gasteiger partial charge in [0.2, 0.25) is 0 Å². The van der Waals surface area contributed by atoms with Crippen molar-refractivity contribution < 1.29 is 13.2 Å². The lowest BCUT2D eigenvalue weighted by molar-refractivity contribution is 0.341. The molecular formula is C13H13BrO3S. The fraction of sp³-hybridized carbons (Fsp3) is 0.231. The highest BCUT2D eigenvalue weighted by Gasteiger charge is 2.03. The Morgan fingerprint density at radius 2 is 1.78 bits per heavy atom. The van der Waals surface area contributed by atoms with Gasteiger partial charge >= 0.3 is 0 Å². The molecule has 0 saturated heterocycles. The molecule has 0 N–H and O–H groups in total. The molecule has 0 bridgehead atoms. The second kappa shape index (κ2) is 5.28. The van der Waals surface area contributed by atoms with Crippen LogP contribution in [0.4, 0.5) is 0 Å². The molecule has 3 nitrogen and oxygen atoms in total. The van der Waals surface area contributed by atoms with E-state index in [-0.39, 0.29) is 12.4 Å². The third kappa shape index (κ3) is 3.71. The van der Waals surface area contributed by atoms with Crippen LogP contribution in [-0.4, -0.2) is 27.0 Å². The van der Waals surface area contributed by atoms with Gasteiger partial charge in [0.25, 0.3) is 0 Å². The zero-order valence-corrected chi connectivity index (χ0v) is 12.3. The molecule has 18 heavy (non-hydrogen) atoms. The maximum Gasteiger partial charge on any atom is 0.150 e. The van der Waals surface area contributed by atoms with Gasteiger partial charge in [-0.2, -0.15) is 0 Å². The van der Waals surface area contributed by atoms with Gasteiger partial charge in [0.05, 0.1) is 5.75 Å². The summed E-state index contributed by atoms with van der Waals surface area (Å²) < 4.78 is 28.4. The molecule has 0 saturated carbocycles. The predicted octanol–water partition coefficient (Wildman–Crippen LogP) is 3.03. The number of benzene rings is 2. The van der Waals surface area contributed by atoms with Crippen LogP contribution in [0.15, 0.2) is 40.9 Å². The summed E-state index contributed by atoms with van der Waals surface area (Å²) in [6.45, 7) is 0.181. The molecular weight excluding hydrogens is 316 g/mol. The summed E-state index contributed by atoms with van der Waals surface area (Å²) in [7, 11) is -2.97. The molecule has 0 heterocycles. The van der Waals surface area contributed by atoms with Crippen molar-refractivity contribution in [3.63, 3.8) is 0 Å². The maximum atomic E-state index is 11.0. The van der Waals surface area contributed by atoms with Crippen molar-refractivity contribution in [1.29, 1.82) is 0 Å². The Balaban J connectivity index is 2.13. The molecule has 0 aliphatic heterocycles.